The summed E-state index contributed by atoms with van der Waals surface area (Å²) in [7, 11) is -3.30. The summed E-state index contributed by atoms with van der Waals surface area (Å²) in [5.41, 5.74) is 1.79. The van der Waals surface area contributed by atoms with Crippen molar-refractivity contribution in [2.75, 3.05) is 12.1 Å². The molecule has 0 unspecified atom stereocenters. The van der Waals surface area contributed by atoms with Gasteiger partial charge in [0.15, 0.2) is 9.84 Å². The lowest BCUT2D eigenvalue weighted by Gasteiger charge is -2.09. The number of hydrogen-bond acceptors (Lipinski definition) is 5. The summed E-state index contributed by atoms with van der Waals surface area (Å²) >= 11 is 0. The van der Waals surface area contributed by atoms with Crippen molar-refractivity contribution >= 4 is 20.7 Å². The number of rotatable bonds is 3. The van der Waals surface area contributed by atoms with Crippen LogP contribution in [0.4, 0.5) is 0 Å². The van der Waals surface area contributed by atoms with Crippen LogP contribution in [0.1, 0.15) is 24.6 Å². The fourth-order valence-electron chi connectivity index (χ4n) is 2.93. The number of benzene rings is 2. The van der Waals surface area contributed by atoms with Crippen LogP contribution in [0.2, 0.25) is 0 Å². The highest BCUT2D eigenvalue weighted by Crippen LogP contribution is 2.38. The smallest absolute Gasteiger partial charge is 0.279 e. The van der Waals surface area contributed by atoms with Gasteiger partial charge < -0.3 is 5.84 Å². The Bertz CT molecular complexity index is 1160. The predicted molar refractivity (Wildman–Crippen MR) is 96.7 cm³/mol. The van der Waals surface area contributed by atoms with Gasteiger partial charge in [-0.2, -0.15) is 0 Å². The Morgan fingerprint density at radius 3 is 2.52 bits per heavy atom. The van der Waals surface area contributed by atoms with Crippen LogP contribution in [0.3, 0.4) is 0 Å². The molecule has 1 heterocycles. The highest BCUT2D eigenvalue weighted by Gasteiger charge is 2.28. The molecule has 0 amide bonds. The van der Waals surface area contributed by atoms with Gasteiger partial charge in [0.05, 0.1) is 15.8 Å². The minimum atomic E-state index is -3.30. The second-order valence-electron chi connectivity index (χ2n) is 6.45. The van der Waals surface area contributed by atoms with Crippen molar-refractivity contribution in [3.05, 3.63) is 58.6 Å². The summed E-state index contributed by atoms with van der Waals surface area (Å²) in [5, 5.41) is 0.425. The zero-order chi connectivity index (χ0) is 17.8. The third-order valence-corrected chi connectivity index (χ3v) is 5.58. The normalized spacial score (nSPS) is 14.8. The Labute approximate surface area is 144 Å². The van der Waals surface area contributed by atoms with Gasteiger partial charge in [0, 0.05) is 12.2 Å². The molecule has 0 bridgehead atoms. The first kappa shape index (κ1) is 15.8. The third-order valence-electron chi connectivity index (χ3n) is 4.47. The average Bonchev–Trinajstić information content (AvgIpc) is 3.42. The van der Waals surface area contributed by atoms with E-state index in [2.05, 4.69) is 4.98 Å². The van der Waals surface area contributed by atoms with E-state index < -0.39 is 9.84 Å². The van der Waals surface area contributed by atoms with Crippen molar-refractivity contribution < 1.29 is 8.42 Å². The standard InChI is InChI=1S/C18H17N3O3S/c1-25(23,24)14-4-2-3-12(9-14)13-7-8-16-15(10-13)18(22)21(19)17(20-16)11-5-6-11/h2-4,7-11H,5-6,19H2,1H3. The van der Waals surface area contributed by atoms with E-state index in [1.54, 1.807) is 30.3 Å². The minimum Gasteiger partial charge on any atom is -0.335 e. The summed E-state index contributed by atoms with van der Waals surface area (Å²) in [6.07, 6.45) is 3.18. The molecule has 0 spiro atoms. The second kappa shape index (κ2) is 5.42. The van der Waals surface area contributed by atoms with Crippen LogP contribution in [-0.2, 0) is 9.84 Å². The number of fused-ring (bicyclic) bond motifs is 1. The maximum Gasteiger partial charge on any atom is 0.279 e. The minimum absolute atomic E-state index is 0.239. The SMILES string of the molecule is CS(=O)(=O)c1cccc(-c2ccc3nc(C4CC4)n(N)c(=O)c3c2)c1. The molecule has 0 radical (unpaired) electrons. The predicted octanol–water partition coefficient (Wildman–Crippen LogP) is 2.06. The summed E-state index contributed by atoms with van der Waals surface area (Å²) in [5.74, 6) is 6.82. The van der Waals surface area contributed by atoms with E-state index in [4.69, 9.17) is 5.84 Å². The molecule has 1 aliphatic carbocycles. The molecule has 4 rings (SSSR count). The number of aromatic nitrogens is 2. The molecule has 6 nitrogen and oxygen atoms in total. The molecule has 7 heteroatoms. The zero-order valence-corrected chi connectivity index (χ0v) is 14.5. The molecule has 1 aromatic heterocycles. The van der Waals surface area contributed by atoms with Crippen LogP contribution < -0.4 is 11.4 Å². The zero-order valence-electron chi connectivity index (χ0n) is 13.6. The molecule has 2 N–H and O–H groups in total. The van der Waals surface area contributed by atoms with Crippen molar-refractivity contribution in [1.29, 1.82) is 0 Å². The number of hydrogen-bond donors (Lipinski definition) is 1. The fourth-order valence-corrected chi connectivity index (χ4v) is 3.60. The van der Waals surface area contributed by atoms with Crippen molar-refractivity contribution in [2.45, 2.75) is 23.7 Å². The molecule has 0 saturated heterocycles. The third kappa shape index (κ3) is 2.80. The molecule has 0 atom stereocenters. The first-order chi connectivity index (χ1) is 11.8. The highest BCUT2D eigenvalue weighted by atomic mass is 32.2. The van der Waals surface area contributed by atoms with Crippen LogP contribution in [0.15, 0.2) is 52.2 Å². The molecule has 128 valence electrons. The van der Waals surface area contributed by atoms with Gasteiger partial charge in [-0.15, -0.1) is 0 Å². The van der Waals surface area contributed by atoms with Gasteiger partial charge in [-0.3, -0.25) is 4.79 Å². The summed E-state index contributed by atoms with van der Waals surface area (Å²) in [6, 6.07) is 12.0. The van der Waals surface area contributed by atoms with E-state index in [9.17, 15) is 13.2 Å². The quantitative estimate of drug-likeness (QED) is 0.726. The van der Waals surface area contributed by atoms with E-state index in [0.29, 0.717) is 16.7 Å². The van der Waals surface area contributed by atoms with Gasteiger partial charge in [-0.05, 0) is 48.2 Å². The Kier molecular flexibility index (Phi) is 3.43. The molecule has 1 aliphatic rings. The van der Waals surface area contributed by atoms with E-state index in [1.165, 1.54) is 6.26 Å². The number of sulfone groups is 1. The summed E-state index contributed by atoms with van der Waals surface area (Å²) in [4.78, 5) is 17.4. The molecule has 1 saturated carbocycles. The van der Waals surface area contributed by atoms with Gasteiger partial charge in [-0.25, -0.2) is 18.1 Å². The Morgan fingerprint density at radius 1 is 1.12 bits per heavy atom. The second-order valence-corrected chi connectivity index (χ2v) is 8.47. The van der Waals surface area contributed by atoms with Gasteiger partial charge >= 0.3 is 0 Å². The Morgan fingerprint density at radius 2 is 1.84 bits per heavy atom. The lowest BCUT2D eigenvalue weighted by molar-refractivity contribution is 0.602. The maximum absolute atomic E-state index is 12.6. The van der Waals surface area contributed by atoms with E-state index >= 15 is 0 Å². The lowest BCUT2D eigenvalue weighted by atomic mass is 10.0. The molecule has 3 aromatic rings. The van der Waals surface area contributed by atoms with Crippen molar-refractivity contribution in [1.82, 2.24) is 9.66 Å². The lowest BCUT2D eigenvalue weighted by Crippen LogP contribution is -2.31. The number of nitrogens with two attached hydrogens (primary N) is 1. The average molecular weight is 355 g/mol. The van der Waals surface area contributed by atoms with Crippen molar-refractivity contribution in [3.8, 4) is 11.1 Å². The molecular formula is C18H17N3O3S. The maximum atomic E-state index is 12.6. The number of nitrogens with zero attached hydrogens (tertiary/aromatic N) is 2. The molecule has 0 aliphatic heterocycles. The van der Waals surface area contributed by atoms with Crippen LogP contribution in [0.25, 0.3) is 22.0 Å². The fraction of sp³-hybridized carbons (Fsp3) is 0.222. The first-order valence-corrected chi connectivity index (χ1v) is 9.86. The molecule has 1 fully saturated rings. The number of nitrogen functional groups attached to an aromatic ring is 1. The Hall–Kier alpha value is -2.67. The molecule has 25 heavy (non-hydrogen) atoms. The van der Waals surface area contributed by atoms with Gasteiger partial charge in [0.25, 0.3) is 5.56 Å². The van der Waals surface area contributed by atoms with Crippen molar-refractivity contribution in [2.24, 2.45) is 0 Å². The van der Waals surface area contributed by atoms with Crippen molar-refractivity contribution in [3.63, 3.8) is 0 Å². The van der Waals surface area contributed by atoms with Gasteiger partial charge in [-0.1, -0.05) is 18.2 Å². The highest BCUT2D eigenvalue weighted by molar-refractivity contribution is 7.90. The van der Waals surface area contributed by atoms with Crippen LogP contribution in [0, 0.1) is 0 Å². The van der Waals surface area contributed by atoms with E-state index in [-0.39, 0.29) is 16.4 Å². The van der Waals surface area contributed by atoms with Crippen LogP contribution in [-0.4, -0.2) is 24.3 Å². The van der Waals surface area contributed by atoms with Crippen LogP contribution in [0.5, 0.6) is 0 Å². The Balaban J connectivity index is 1.89. The van der Waals surface area contributed by atoms with Crippen LogP contribution >= 0.6 is 0 Å². The summed E-state index contributed by atoms with van der Waals surface area (Å²) in [6.45, 7) is 0. The largest absolute Gasteiger partial charge is 0.335 e. The molecule has 2 aromatic carbocycles. The van der Waals surface area contributed by atoms with E-state index in [1.807, 2.05) is 12.1 Å². The topological polar surface area (TPSA) is 95.1 Å². The monoisotopic (exact) mass is 355 g/mol. The van der Waals surface area contributed by atoms with E-state index in [0.717, 1.165) is 28.6 Å². The van der Waals surface area contributed by atoms with Gasteiger partial charge in [0.1, 0.15) is 5.82 Å². The van der Waals surface area contributed by atoms with Gasteiger partial charge in [0.2, 0.25) is 0 Å². The first-order valence-electron chi connectivity index (χ1n) is 7.97. The summed E-state index contributed by atoms with van der Waals surface area (Å²) < 4.78 is 24.6. The molecular weight excluding hydrogens is 338 g/mol.